The van der Waals surface area contributed by atoms with E-state index in [2.05, 4.69) is 41.5 Å². The first kappa shape index (κ1) is 96.1. The van der Waals surface area contributed by atoms with Gasteiger partial charge in [-0.3, -0.25) is 37.3 Å². The second-order valence-corrected chi connectivity index (χ2v) is 31.8. The summed E-state index contributed by atoms with van der Waals surface area (Å²) < 4.78 is 68.7. The molecular weight excluding hydrogens is 1280 g/mol. The van der Waals surface area contributed by atoms with E-state index in [1.165, 1.54) is 231 Å². The van der Waals surface area contributed by atoms with E-state index in [-0.39, 0.29) is 25.7 Å². The molecule has 0 rings (SSSR count). The molecule has 0 aromatic heterocycles. The number of ether oxygens (including phenoxy) is 4. The summed E-state index contributed by atoms with van der Waals surface area (Å²) in [5.74, 6) is -0.565. The lowest BCUT2D eigenvalue weighted by atomic mass is 9.99. The first-order valence-corrected chi connectivity index (χ1v) is 44.1. The summed E-state index contributed by atoms with van der Waals surface area (Å²) in [6.45, 7) is 9.62. The molecule has 0 bridgehead atoms. The quantitative estimate of drug-likeness (QED) is 0.0222. The van der Waals surface area contributed by atoms with Gasteiger partial charge < -0.3 is 33.8 Å². The molecule has 582 valence electrons. The molecule has 0 heterocycles. The summed E-state index contributed by atoms with van der Waals surface area (Å²) >= 11 is 0. The molecule has 0 spiro atoms. The molecular formula is C79H154O17P2. The molecule has 0 amide bonds. The van der Waals surface area contributed by atoms with Gasteiger partial charge in [0.25, 0.3) is 0 Å². The first-order chi connectivity index (χ1) is 47.4. The van der Waals surface area contributed by atoms with Crippen molar-refractivity contribution in [2.75, 3.05) is 39.6 Å². The first-order valence-electron chi connectivity index (χ1n) is 41.1. The zero-order chi connectivity index (χ0) is 72.1. The summed E-state index contributed by atoms with van der Waals surface area (Å²) in [5, 5.41) is 10.6. The zero-order valence-corrected chi connectivity index (χ0v) is 65.9. The van der Waals surface area contributed by atoms with Crippen LogP contribution in [0.3, 0.4) is 0 Å². The number of hydrogen-bond donors (Lipinski definition) is 3. The zero-order valence-electron chi connectivity index (χ0n) is 64.1. The molecule has 17 nitrogen and oxygen atoms in total. The molecule has 0 fully saturated rings. The van der Waals surface area contributed by atoms with E-state index < -0.39 is 97.5 Å². The van der Waals surface area contributed by atoms with Gasteiger partial charge in [-0.1, -0.05) is 363 Å². The number of aliphatic hydroxyl groups is 1. The Labute approximate surface area is 600 Å². The Bertz CT molecular complexity index is 1890. The van der Waals surface area contributed by atoms with Crippen molar-refractivity contribution in [2.24, 2.45) is 11.8 Å². The van der Waals surface area contributed by atoms with Crippen molar-refractivity contribution in [3.05, 3.63) is 0 Å². The molecule has 0 saturated carbocycles. The Kier molecular flexibility index (Phi) is 69.3. The van der Waals surface area contributed by atoms with Gasteiger partial charge >= 0.3 is 39.5 Å². The fourth-order valence-electron chi connectivity index (χ4n) is 12.1. The molecule has 98 heavy (non-hydrogen) atoms. The van der Waals surface area contributed by atoms with E-state index in [4.69, 9.17) is 37.0 Å². The van der Waals surface area contributed by atoms with Crippen molar-refractivity contribution < 1.29 is 80.2 Å². The van der Waals surface area contributed by atoms with Gasteiger partial charge in [0, 0.05) is 25.7 Å². The Morgan fingerprint density at radius 2 is 0.490 bits per heavy atom. The van der Waals surface area contributed by atoms with Crippen LogP contribution in [-0.2, 0) is 65.4 Å². The number of phosphoric ester groups is 2. The van der Waals surface area contributed by atoms with Crippen LogP contribution < -0.4 is 0 Å². The van der Waals surface area contributed by atoms with Crippen LogP contribution >= 0.6 is 15.6 Å². The minimum atomic E-state index is -4.96. The highest BCUT2D eigenvalue weighted by atomic mass is 31.2. The van der Waals surface area contributed by atoms with E-state index >= 15 is 0 Å². The second kappa shape index (κ2) is 70.7. The van der Waals surface area contributed by atoms with Gasteiger partial charge in [-0.25, -0.2) is 9.13 Å². The van der Waals surface area contributed by atoms with Crippen molar-refractivity contribution in [3.8, 4) is 0 Å². The molecule has 0 aliphatic rings. The van der Waals surface area contributed by atoms with Crippen molar-refractivity contribution in [1.82, 2.24) is 0 Å². The monoisotopic (exact) mass is 1440 g/mol. The minimum Gasteiger partial charge on any atom is -0.462 e. The van der Waals surface area contributed by atoms with Crippen LogP contribution in [0.4, 0.5) is 0 Å². The maximum Gasteiger partial charge on any atom is 0.472 e. The molecule has 0 aliphatic carbocycles. The number of carbonyl (C=O) groups excluding carboxylic acids is 4. The van der Waals surface area contributed by atoms with Gasteiger partial charge in [0.05, 0.1) is 26.4 Å². The van der Waals surface area contributed by atoms with Gasteiger partial charge in [0.1, 0.15) is 19.3 Å². The summed E-state index contributed by atoms with van der Waals surface area (Å²) in [5.41, 5.74) is 0. The lowest BCUT2D eigenvalue weighted by Gasteiger charge is -2.21. The van der Waals surface area contributed by atoms with Gasteiger partial charge in [-0.15, -0.1) is 0 Å². The van der Waals surface area contributed by atoms with Crippen LogP contribution in [0, 0.1) is 11.8 Å². The number of aliphatic hydroxyl groups excluding tert-OH is 1. The predicted molar refractivity (Wildman–Crippen MR) is 400 cm³/mol. The maximum atomic E-state index is 13.1. The third kappa shape index (κ3) is 69.8. The number of rotatable bonds is 78. The van der Waals surface area contributed by atoms with Gasteiger partial charge in [-0.2, -0.15) is 0 Å². The molecule has 0 aromatic carbocycles. The minimum absolute atomic E-state index is 0.105. The highest BCUT2D eigenvalue weighted by molar-refractivity contribution is 7.47. The van der Waals surface area contributed by atoms with Crippen LogP contribution in [0.5, 0.6) is 0 Å². The molecule has 3 N–H and O–H groups in total. The van der Waals surface area contributed by atoms with E-state index in [9.17, 15) is 43.2 Å². The van der Waals surface area contributed by atoms with Crippen LogP contribution in [-0.4, -0.2) is 96.7 Å². The summed E-state index contributed by atoms with van der Waals surface area (Å²) in [4.78, 5) is 73.0. The summed E-state index contributed by atoms with van der Waals surface area (Å²) in [6, 6.07) is 0. The van der Waals surface area contributed by atoms with Gasteiger partial charge in [-0.05, 0) is 37.5 Å². The number of carbonyl (C=O) groups is 4. The molecule has 0 radical (unpaired) electrons. The average molecular weight is 1440 g/mol. The lowest BCUT2D eigenvalue weighted by Crippen LogP contribution is -2.30. The SMILES string of the molecule is CCCCCCCCCCCCCCCCCCCC(=O)OC[C@H](COP(=O)(O)OC[C@@H](O)COP(=O)(O)OC[C@@H](COC(=O)CCCCCCCCCCC(C)CC)OC(=O)CCCCCCCCCCC(C)CC)OC(=O)CCCCCCCCCCCCCCCCCCC. The second-order valence-electron chi connectivity index (χ2n) is 28.9. The summed E-state index contributed by atoms with van der Waals surface area (Å²) in [7, 11) is -9.92. The fourth-order valence-corrected chi connectivity index (χ4v) is 13.7. The molecule has 7 atom stereocenters. The van der Waals surface area contributed by atoms with Crippen molar-refractivity contribution in [1.29, 1.82) is 0 Å². The number of esters is 4. The largest absolute Gasteiger partial charge is 0.472 e. The van der Waals surface area contributed by atoms with Gasteiger partial charge in [0.15, 0.2) is 12.2 Å². The number of phosphoric acid groups is 2. The highest BCUT2D eigenvalue weighted by Gasteiger charge is 2.30. The van der Waals surface area contributed by atoms with E-state index in [1.807, 2.05) is 0 Å². The standard InChI is InChI=1S/C79H154O17P2/c1-7-11-13-15-17-19-21-23-25-27-29-31-33-35-43-49-55-61-76(81)89-67-74(95-78(83)63-57-51-45-36-34-32-30-28-26-24-22-20-18-16-14-12-8-2)69-93-97(85,86)91-65-73(80)66-92-98(87,88)94-70-75(96-79(84)64-58-52-46-40-38-42-48-54-60-72(6)10-4)68-90-77(82)62-56-50-44-39-37-41-47-53-59-71(5)9-3/h71-75,80H,7-70H2,1-6H3,(H,85,86)(H,87,88)/t71?,72?,73-,74-,75-/m1/s1. The third-order valence-corrected chi connectivity index (χ3v) is 21.1. The van der Waals surface area contributed by atoms with Crippen molar-refractivity contribution in [2.45, 2.75) is 432 Å². The normalized spacial score (nSPS) is 14.5. The van der Waals surface area contributed by atoms with Crippen molar-refractivity contribution >= 4 is 39.5 Å². The topological polar surface area (TPSA) is 237 Å². The number of hydrogen-bond acceptors (Lipinski definition) is 15. The average Bonchev–Trinajstić information content (AvgIpc) is 0.949. The Balaban J connectivity index is 5.26. The van der Waals surface area contributed by atoms with E-state index in [0.29, 0.717) is 25.7 Å². The Hall–Kier alpha value is -1.94. The van der Waals surface area contributed by atoms with Crippen LogP contribution in [0.15, 0.2) is 0 Å². The smallest absolute Gasteiger partial charge is 0.462 e. The van der Waals surface area contributed by atoms with E-state index in [0.717, 1.165) is 102 Å². The molecule has 19 heteroatoms. The van der Waals surface area contributed by atoms with Crippen molar-refractivity contribution in [3.63, 3.8) is 0 Å². The number of unbranched alkanes of at least 4 members (excludes halogenated alkanes) is 46. The maximum absolute atomic E-state index is 13.1. The van der Waals surface area contributed by atoms with Gasteiger partial charge in [0.2, 0.25) is 0 Å². The van der Waals surface area contributed by atoms with Crippen LogP contribution in [0.25, 0.3) is 0 Å². The molecule has 0 aromatic rings. The predicted octanol–water partition coefficient (Wildman–Crippen LogP) is 23.5. The third-order valence-electron chi connectivity index (χ3n) is 19.2. The van der Waals surface area contributed by atoms with Crippen LogP contribution in [0.2, 0.25) is 0 Å². The Morgan fingerprint density at radius 3 is 0.724 bits per heavy atom. The van der Waals surface area contributed by atoms with E-state index in [1.54, 1.807) is 0 Å². The lowest BCUT2D eigenvalue weighted by molar-refractivity contribution is -0.161. The van der Waals surface area contributed by atoms with Crippen LogP contribution in [0.1, 0.15) is 414 Å². The molecule has 0 aliphatic heterocycles. The summed E-state index contributed by atoms with van der Waals surface area (Å²) in [6.07, 6.45) is 59.5. The highest BCUT2D eigenvalue weighted by Crippen LogP contribution is 2.45. The Morgan fingerprint density at radius 1 is 0.286 bits per heavy atom. The molecule has 0 saturated heterocycles. The molecule has 4 unspecified atom stereocenters. The fraction of sp³-hybridized carbons (Fsp3) is 0.949.